The number of rotatable bonds is 5. The van der Waals surface area contributed by atoms with Crippen molar-refractivity contribution in [3.63, 3.8) is 0 Å². The first kappa shape index (κ1) is 11.6. The lowest BCUT2D eigenvalue weighted by Crippen LogP contribution is -2.35. The van der Waals surface area contributed by atoms with E-state index in [1.807, 2.05) is 0 Å². The number of amides is 2. The van der Waals surface area contributed by atoms with Crippen molar-refractivity contribution in [2.24, 2.45) is 5.92 Å². The lowest BCUT2D eigenvalue weighted by molar-refractivity contribution is -0.122. The maximum Gasteiger partial charge on any atom is 0.291 e. The van der Waals surface area contributed by atoms with Gasteiger partial charge in [-0.25, -0.2) is 4.98 Å². The lowest BCUT2D eigenvalue weighted by atomic mass is 10.4. The Hall–Kier alpha value is -1.92. The van der Waals surface area contributed by atoms with Crippen LogP contribution in [0.4, 0.5) is 0 Å². The van der Waals surface area contributed by atoms with Crippen LogP contribution < -0.4 is 10.6 Å². The minimum atomic E-state index is -0.338. The quantitative estimate of drug-likeness (QED) is 0.593. The van der Waals surface area contributed by atoms with E-state index in [1.165, 1.54) is 0 Å². The van der Waals surface area contributed by atoms with Crippen LogP contribution in [0.5, 0.6) is 0 Å². The van der Waals surface area contributed by atoms with E-state index in [2.05, 4.69) is 25.8 Å². The number of nitrogens with zero attached hydrogens (tertiary/aromatic N) is 2. The van der Waals surface area contributed by atoms with E-state index >= 15 is 0 Å². The van der Waals surface area contributed by atoms with Gasteiger partial charge in [-0.1, -0.05) is 0 Å². The number of nitrogens with one attached hydrogen (secondary N) is 3. The second-order valence-electron chi connectivity index (χ2n) is 4.07. The number of hydrogen-bond donors (Lipinski definition) is 3. The molecular weight excluding hydrogens is 222 g/mol. The molecule has 92 valence electrons. The predicted octanol–water partition coefficient (Wildman–Crippen LogP) is -0.631. The highest BCUT2D eigenvalue weighted by molar-refractivity contribution is 5.90. The van der Waals surface area contributed by atoms with Crippen molar-refractivity contribution in [1.82, 2.24) is 25.8 Å². The van der Waals surface area contributed by atoms with E-state index in [-0.39, 0.29) is 23.6 Å². The largest absolute Gasteiger partial charge is 0.354 e. The Kier molecular flexibility index (Phi) is 3.36. The van der Waals surface area contributed by atoms with E-state index < -0.39 is 0 Å². The van der Waals surface area contributed by atoms with Crippen LogP contribution in [-0.2, 0) is 4.79 Å². The molecule has 1 aliphatic rings. The van der Waals surface area contributed by atoms with Crippen LogP contribution in [0.2, 0.25) is 0 Å². The van der Waals surface area contributed by atoms with E-state index in [0.29, 0.717) is 18.9 Å². The second-order valence-corrected chi connectivity index (χ2v) is 4.07. The standard InChI is InChI=1S/C10H15N5O2/c1-6-13-8(15-14-6)10(17)12-5-4-11-9(16)7-2-3-7/h7H,2-5H2,1H3,(H,11,16)(H,12,17)(H,13,14,15). The van der Waals surface area contributed by atoms with Crippen LogP contribution in [0.25, 0.3) is 0 Å². The van der Waals surface area contributed by atoms with Crippen molar-refractivity contribution in [3.8, 4) is 0 Å². The highest BCUT2D eigenvalue weighted by Crippen LogP contribution is 2.28. The van der Waals surface area contributed by atoms with Crippen LogP contribution in [0.1, 0.15) is 29.3 Å². The fourth-order valence-electron chi connectivity index (χ4n) is 1.37. The summed E-state index contributed by atoms with van der Waals surface area (Å²) >= 11 is 0. The summed E-state index contributed by atoms with van der Waals surface area (Å²) in [6.45, 7) is 2.54. The van der Waals surface area contributed by atoms with Gasteiger partial charge in [0.2, 0.25) is 11.7 Å². The average Bonchev–Trinajstić information content (AvgIpc) is 3.07. The SMILES string of the molecule is Cc1nc(C(=O)NCCNC(=O)C2CC2)n[nH]1. The maximum atomic E-state index is 11.5. The number of aromatic nitrogens is 3. The Bertz CT molecular complexity index is 424. The van der Waals surface area contributed by atoms with E-state index in [0.717, 1.165) is 12.8 Å². The molecule has 1 aromatic rings. The summed E-state index contributed by atoms with van der Waals surface area (Å²) < 4.78 is 0. The van der Waals surface area contributed by atoms with Crippen molar-refractivity contribution < 1.29 is 9.59 Å². The second kappa shape index (κ2) is 4.94. The molecule has 1 aromatic heterocycles. The monoisotopic (exact) mass is 237 g/mol. The summed E-state index contributed by atoms with van der Waals surface area (Å²) in [5.74, 6) is 0.651. The first-order valence-corrected chi connectivity index (χ1v) is 5.61. The van der Waals surface area contributed by atoms with Crippen LogP contribution in [0, 0.1) is 12.8 Å². The molecule has 1 heterocycles. The van der Waals surface area contributed by atoms with Crippen LogP contribution >= 0.6 is 0 Å². The molecule has 1 fully saturated rings. The molecule has 0 spiro atoms. The minimum Gasteiger partial charge on any atom is -0.354 e. The lowest BCUT2D eigenvalue weighted by Gasteiger charge is -2.04. The van der Waals surface area contributed by atoms with Gasteiger partial charge in [0.15, 0.2) is 0 Å². The Labute approximate surface area is 98.4 Å². The Morgan fingerprint density at radius 3 is 2.65 bits per heavy atom. The summed E-state index contributed by atoms with van der Waals surface area (Å²) in [6.07, 6.45) is 1.96. The molecular formula is C10H15N5O2. The molecule has 2 amide bonds. The number of carbonyl (C=O) groups excluding carboxylic acids is 2. The van der Waals surface area contributed by atoms with Crippen molar-refractivity contribution in [2.75, 3.05) is 13.1 Å². The third kappa shape index (κ3) is 3.27. The molecule has 0 aliphatic heterocycles. The smallest absolute Gasteiger partial charge is 0.291 e. The molecule has 3 N–H and O–H groups in total. The molecule has 0 radical (unpaired) electrons. The van der Waals surface area contributed by atoms with Crippen molar-refractivity contribution >= 4 is 11.8 Å². The number of hydrogen-bond acceptors (Lipinski definition) is 4. The van der Waals surface area contributed by atoms with E-state index in [9.17, 15) is 9.59 Å². The highest BCUT2D eigenvalue weighted by Gasteiger charge is 2.28. The number of carbonyl (C=O) groups is 2. The average molecular weight is 237 g/mol. The van der Waals surface area contributed by atoms with Gasteiger partial charge >= 0.3 is 0 Å². The van der Waals surface area contributed by atoms with Gasteiger partial charge in [-0.05, 0) is 19.8 Å². The zero-order valence-corrected chi connectivity index (χ0v) is 9.62. The first-order valence-electron chi connectivity index (χ1n) is 5.61. The molecule has 0 saturated heterocycles. The molecule has 0 unspecified atom stereocenters. The van der Waals surface area contributed by atoms with Gasteiger partial charge in [0.25, 0.3) is 5.91 Å². The third-order valence-corrected chi connectivity index (χ3v) is 2.46. The van der Waals surface area contributed by atoms with Crippen LogP contribution in [-0.4, -0.2) is 40.1 Å². The zero-order chi connectivity index (χ0) is 12.3. The molecule has 1 aliphatic carbocycles. The van der Waals surface area contributed by atoms with Crippen molar-refractivity contribution in [2.45, 2.75) is 19.8 Å². The molecule has 17 heavy (non-hydrogen) atoms. The topological polar surface area (TPSA) is 99.8 Å². The highest BCUT2D eigenvalue weighted by atomic mass is 16.2. The molecule has 2 rings (SSSR count). The van der Waals surface area contributed by atoms with Gasteiger partial charge in [0, 0.05) is 19.0 Å². The summed E-state index contributed by atoms with van der Waals surface area (Å²) in [5, 5.41) is 11.7. The first-order chi connectivity index (χ1) is 8.16. The summed E-state index contributed by atoms with van der Waals surface area (Å²) in [5.41, 5.74) is 0. The predicted molar refractivity (Wildman–Crippen MR) is 59.2 cm³/mol. The van der Waals surface area contributed by atoms with E-state index in [4.69, 9.17) is 0 Å². The van der Waals surface area contributed by atoms with E-state index in [1.54, 1.807) is 6.92 Å². The number of aryl methyl sites for hydroxylation is 1. The van der Waals surface area contributed by atoms with Gasteiger partial charge in [0.1, 0.15) is 5.82 Å². The van der Waals surface area contributed by atoms with Crippen LogP contribution in [0.15, 0.2) is 0 Å². The van der Waals surface area contributed by atoms with Crippen LogP contribution in [0.3, 0.4) is 0 Å². The van der Waals surface area contributed by atoms with Gasteiger partial charge in [-0.3, -0.25) is 14.7 Å². The number of aromatic amines is 1. The summed E-state index contributed by atoms with van der Waals surface area (Å²) in [4.78, 5) is 26.6. The number of H-pyrrole nitrogens is 1. The van der Waals surface area contributed by atoms with Crippen molar-refractivity contribution in [1.29, 1.82) is 0 Å². The minimum absolute atomic E-state index is 0.0768. The fraction of sp³-hybridized carbons (Fsp3) is 0.600. The summed E-state index contributed by atoms with van der Waals surface area (Å²) in [6, 6.07) is 0. The molecule has 1 saturated carbocycles. The third-order valence-electron chi connectivity index (χ3n) is 2.46. The Morgan fingerprint density at radius 2 is 2.06 bits per heavy atom. The normalized spacial score (nSPS) is 14.4. The van der Waals surface area contributed by atoms with Gasteiger partial charge in [-0.15, -0.1) is 5.10 Å². The molecule has 0 bridgehead atoms. The maximum absolute atomic E-state index is 11.5. The van der Waals surface area contributed by atoms with Gasteiger partial charge in [0.05, 0.1) is 0 Å². The molecule has 0 aromatic carbocycles. The molecule has 7 nitrogen and oxygen atoms in total. The van der Waals surface area contributed by atoms with Crippen molar-refractivity contribution in [3.05, 3.63) is 11.6 Å². The molecule has 0 atom stereocenters. The fourth-order valence-corrected chi connectivity index (χ4v) is 1.37. The summed E-state index contributed by atoms with van der Waals surface area (Å²) in [7, 11) is 0. The Morgan fingerprint density at radius 1 is 1.35 bits per heavy atom. The molecule has 7 heteroatoms. The van der Waals surface area contributed by atoms with Gasteiger partial charge in [-0.2, -0.15) is 0 Å². The van der Waals surface area contributed by atoms with Gasteiger partial charge < -0.3 is 10.6 Å². The zero-order valence-electron chi connectivity index (χ0n) is 9.62. The Balaban J connectivity index is 1.64.